The number of nitrogens with one attached hydrogen (secondary N) is 2. The van der Waals surface area contributed by atoms with Crippen LogP contribution in [0.1, 0.15) is 18.5 Å². The molecular formula is C16H16F2N6. The summed E-state index contributed by atoms with van der Waals surface area (Å²) in [5.41, 5.74) is 1.45. The lowest BCUT2D eigenvalue weighted by Crippen LogP contribution is -2.22. The smallest absolute Gasteiger partial charge is 0.282 e. The van der Waals surface area contributed by atoms with Crippen LogP contribution >= 0.6 is 0 Å². The highest BCUT2D eigenvalue weighted by molar-refractivity contribution is 5.61. The van der Waals surface area contributed by atoms with Crippen LogP contribution in [0.4, 0.5) is 14.6 Å². The van der Waals surface area contributed by atoms with Crippen LogP contribution in [0.3, 0.4) is 0 Å². The molecule has 1 fully saturated rings. The maximum absolute atomic E-state index is 12.9. The fraction of sp³-hybridized carbons (Fsp3) is 0.312. The molecule has 1 atom stereocenters. The Morgan fingerprint density at radius 2 is 2.17 bits per heavy atom. The van der Waals surface area contributed by atoms with Crippen LogP contribution in [0.5, 0.6) is 0 Å². The van der Waals surface area contributed by atoms with Crippen molar-refractivity contribution in [3.8, 4) is 11.4 Å². The lowest BCUT2D eigenvalue weighted by Gasteiger charge is -2.12. The van der Waals surface area contributed by atoms with Crippen LogP contribution in [0.15, 0.2) is 36.5 Å². The number of pyridine rings is 1. The van der Waals surface area contributed by atoms with E-state index >= 15 is 0 Å². The van der Waals surface area contributed by atoms with Crippen molar-refractivity contribution in [1.29, 1.82) is 0 Å². The summed E-state index contributed by atoms with van der Waals surface area (Å²) < 4.78 is 27.2. The maximum atomic E-state index is 12.9. The third kappa shape index (κ3) is 2.80. The molecular weight excluding hydrogens is 314 g/mol. The first-order valence-electron chi connectivity index (χ1n) is 7.78. The van der Waals surface area contributed by atoms with E-state index in [0.29, 0.717) is 23.1 Å². The Balaban J connectivity index is 1.70. The Kier molecular flexibility index (Phi) is 3.81. The van der Waals surface area contributed by atoms with E-state index in [2.05, 4.69) is 25.7 Å². The number of alkyl halides is 2. The molecule has 8 heteroatoms. The van der Waals surface area contributed by atoms with Crippen LogP contribution in [0.2, 0.25) is 0 Å². The molecule has 6 nitrogen and oxygen atoms in total. The van der Waals surface area contributed by atoms with Gasteiger partial charge in [0.05, 0.1) is 11.9 Å². The van der Waals surface area contributed by atoms with Gasteiger partial charge in [-0.05, 0) is 37.2 Å². The second-order valence-corrected chi connectivity index (χ2v) is 5.71. The Hall–Kier alpha value is -2.61. The molecule has 4 heterocycles. The summed E-state index contributed by atoms with van der Waals surface area (Å²) in [6.07, 6.45) is 0.0160. The molecule has 1 saturated heterocycles. The zero-order valence-electron chi connectivity index (χ0n) is 12.8. The number of aromatic nitrogens is 4. The Bertz CT molecular complexity index is 857. The average Bonchev–Trinajstić information content (AvgIpc) is 3.23. The zero-order valence-corrected chi connectivity index (χ0v) is 12.8. The molecule has 0 aromatic carbocycles. The predicted octanol–water partition coefficient (Wildman–Crippen LogP) is 2.50. The first kappa shape index (κ1) is 14.9. The molecule has 0 bridgehead atoms. The normalized spacial score (nSPS) is 17.7. The van der Waals surface area contributed by atoms with Crippen molar-refractivity contribution in [2.75, 3.05) is 18.4 Å². The van der Waals surface area contributed by atoms with Gasteiger partial charge in [-0.3, -0.25) is 0 Å². The van der Waals surface area contributed by atoms with Gasteiger partial charge in [-0.1, -0.05) is 6.07 Å². The molecule has 2 N–H and O–H groups in total. The second kappa shape index (κ2) is 6.12. The molecule has 0 aliphatic carbocycles. The summed E-state index contributed by atoms with van der Waals surface area (Å²) in [5.74, 6) is 0.751. The largest absolute Gasteiger partial charge is 0.366 e. The number of nitrogens with zero attached hydrogens (tertiary/aromatic N) is 4. The number of anilines is 1. The van der Waals surface area contributed by atoms with E-state index < -0.39 is 6.43 Å². The van der Waals surface area contributed by atoms with Crippen molar-refractivity contribution >= 4 is 11.5 Å². The standard InChI is InChI=1S/C16H16F2N6/c17-16(18)12-4-5-15-20-9-13(24(15)23-12)11-2-1-3-14(22-11)21-10-6-7-19-8-10/h1-5,9-10,16,19H,6-8H2,(H,21,22). The molecule has 0 spiro atoms. The number of rotatable bonds is 4. The van der Waals surface area contributed by atoms with E-state index in [1.807, 2.05) is 18.2 Å². The van der Waals surface area contributed by atoms with Crippen LogP contribution < -0.4 is 10.6 Å². The first-order chi connectivity index (χ1) is 11.7. The van der Waals surface area contributed by atoms with Gasteiger partial charge >= 0.3 is 0 Å². The van der Waals surface area contributed by atoms with Gasteiger partial charge in [-0.25, -0.2) is 23.3 Å². The molecule has 0 amide bonds. The monoisotopic (exact) mass is 330 g/mol. The molecule has 1 unspecified atom stereocenters. The molecule has 124 valence electrons. The SMILES string of the molecule is FC(F)c1ccc2ncc(-c3cccc(NC4CCNC4)n3)n2n1. The zero-order chi connectivity index (χ0) is 16.5. The topological polar surface area (TPSA) is 67.1 Å². The first-order valence-corrected chi connectivity index (χ1v) is 7.78. The Morgan fingerprint density at radius 1 is 1.25 bits per heavy atom. The number of halogens is 2. The minimum Gasteiger partial charge on any atom is -0.366 e. The van der Waals surface area contributed by atoms with Gasteiger partial charge in [0.1, 0.15) is 17.2 Å². The summed E-state index contributed by atoms with van der Waals surface area (Å²) in [6, 6.07) is 8.75. The highest BCUT2D eigenvalue weighted by Crippen LogP contribution is 2.22. The van der Waals surface area contributed by atoms with Gasteiger partial charge in [-0.15, -0.1) is 0 Å². The molecule has 3 aromatic heterocycles. The van der Waals surface area contributed by atoms with E-state index in [0.717, 1.165) is 25.3 Å². The number of hydrogen-bond acceptors (Lipinski definition) is 5. The average molecular weight is 330 g/mol. The summed E-state index contributed by atoms with van der Waals surface area (Å²) in [7, 11) is 0. The second-order valence-electron chi connectivity index (χ2n) is 5.71. The molecule has 1 aliphatic rings. The van der Waals surface area contributed by atoms with E-state index in [1.165, 1.54) is 16.6 Å². The van der Waals surface area contributed by atoms with Crippen molar-refractivity contribution in [3.63, 3.8) is 0 Å². The van der Waals surface area contributed by atoms with Crippen LogP contribution in [-0.2, 0) is 0 Å². The molecule has 0 radical (unpaired) electrons. The lowest BCUT2D eigenvalue weighted by molar-refractivity contribution is 0.144. The number of fused-ring (bicyclic) bond motifs is 1. The predicted molar refractivity (Wildman–Crippen MR) is 86.1 cm³/mol. The van der Waals surface area contributed by atoms with Gasteiger partial charge in [0.25, 0.3) is 6.43 Å². The maximum Gasteiger partial charge on any atom is 0.282 e. The molecule has 24 heavy (non-hydrogen) atoms. The number of hydrogen-bond donors (Lipinski definition) is 2. The third-order valence-electron chi connectivity index (χ3n) is 4.03. The fourth-order valence-corrected chi connectivity index (χ4v) is 2.82. The van der Waals surface area contributed by atoms with Gasteiger partial charge in [0, 0.05) is 12.6 Å². The Morgan fingerprint density at radius 3 is 2.96 bits per heavy atom. The summed E-state index contributed by atoms with van der Waals surface area (Å²) >= 11 is 0. The van der Waals surface area contributed by atoms with Crippen molar-refractivity contribution in [2.45, 2.75) is 18.9 Å². The number of imidazole rings is 1. The fourth-order valence-electron chi connectivity index (χ4n) is 2.82. The Labute approximate surface area is 136 Å². The van der Waals surface area contributed by atoms with Gasteiger partial charge in [0.15, 0.2) is 5.65 Å². The van der Waals surface area contributed by atoms with E-state index in [4.69, 9.17) is 0 Å². The van der Waals surface area contributed by atoms with Crippen molar-refractivity contribution < 1.29 is 8.78 Å². The van der Waals surface area contributed by atoms with Crippen molar-refractivity contribution in [3.05, 3.63) is 42.2 Å². The summed E-state index contributed by atoms with van der Waals surface area (Å²) in [5, 5.41) is 10.6. The van der Waals surface area contributed by atoms with Crippen LogP contribution in [0.25, 0.3) is 17.0 Å². The molecule has 1 aliphatic heterocycles. The van der Waals surface area contributed by atoms with Gasteiger partial charge < -0.3 is 10.6 Å². The lowest BCUT2D eigenvalue weighted by atomic mass is 10.2. The molecule has 4 rings (SSSR count). The highest BCUT2D eigenvalue weighted by Gasteiger charge is 2.16. The minimum atomic E-state index is -2.62. The van der Waals surface area contributed by atoms with Crippen molar-refractivity contribution in [1.82, 2.24) is 24.9 Å². The van der Waals surface area contributed by atoms with E-state index in [9.17, 15) is 8.78 Å². The van der Waals surface area contributed by atoms with Crippen molar-refractivity contribution in [2.24, 2.45) is 0 Å². The third-order valence-corrected chi connectivity index (χ3v) is 4.03. The quantitative estimate of drug-likeness (QED) is 0.769. The summed E-state index contributed by atoms with van der Waals surface area (Å²) in [4.78, 5) is 8.79. The molecule has 0 saturated carbocycles. The van der Waals surface area contributed by atoms with Gasteiger partial charge in [-0.2, -0.15) is 5.10 Å². The van der Waals surface area contributed by atoms with E-state index in [1.54, 1.807) is 6.20 Å². The van der Waals surface area contributed by atoms with Crippen LogP contribution in [-0.4, -0.2) is 38.7 Å². The van der Waals surface area contributed by atoms with Crippen LogP contribution in [0, 0.1) is 0 Å². The molecule has 3 aromatic rings. The summed E-state index contributed by atoms with van der Waals surface area (Å²) in [6.45, 7) is 1.89. The van der Waals surface area contributed by atoms with E-state index in [-0.39, 0.29) is 5.69 Å². The van der Waals surface area contributed by atoms with Gasteiger partial charge in [0.2, 0.25) is 0 Å². The minimum absolute atomic E-state index is 0.284. The highest BCUT2D eigenvalue weighted by atomic mass is 19.3.